The summed E-state index contributed by atoms with van der Waals surface area (Å²) in [6.07, 6.45) is -4.51. The molecular formula is C19H14ClF3N4O2S. The van der Waals surface area contributed by atoms with E-state index in [2.05, 4.69) is 15.3 Å². The largest absolute Gasteiger partial charge is 0.416 e. The van der Waals surface area contributed by atoms with E-state index in [0.29, 0.717) is 10.8 Å². The molecule has 0 aliphatic heterocycles. The lowest BCUT2D eigenvalue weighted by Crippen LogP contribution is -2.23. The highest BCUT2D eigenvalue weighted by Gasteiger charge is 2.30. The smallest absolute Gasteiger partial charge is 0.382 e. The van der Waals surface area contributed by atoms with Gasteiger partial charge in [0.05, 0.1) is 5.56 Å². The van der Waals surface area contributed by atoms with Crippen LogP contribution in [-0.2, 0) is 11.9 Å². The lowest BCUT2D eigenvalue weighted by molar-refractivity contribution is -0.137. The Balaban J connectivity index is 1.72. The summed E-state index contributed by atoms with van der Waals surface area (Å²) in [5.74, 6) is -0.533. The molecule has 0 fully saturated rings. The molecule has 0 radical (unpaired) electrons. The first kappa shape index (κ1) is 21.7. The molecular weight excluding hydrogens is 441 g/mol. The van der Waals surface area contributed by atoms with Gasteiger partial charge >= 0.3 is 6.18 Å². The van der Waals surface area contributed by atoms with E-state index in [4.69, 9.17) is 17.3 Å². The summed E-state index contributed by atoms with van der Waals surface area (Å²) < 4.78 is 37.9. The highest BCUT2D eigenvalue weighted by Crippen LogP contribution is 2.29. The molecule has 0 atom stereocenters. The molecule has 1 aromatic heterocycles. The van der Waals surface area contributed by atoms with Crippen molar-refractivity contribution in [1.29, 1.82) is 0 Å². The summed E-state index contributed by atoms with van der Waals surface area (Å²) >= 11 is 7.14. The number of anilines is 2. The third-order valence-electron chi connectivity index (χ3n) is 3.90. The van der Waals surface area contributed by atoms with E-state index in [1.54, 1.807) is 18.2 Å². The van der Waals surface area contributed by atoms with Gasteiger partial charge in [0.1, 0.15) is 5.69 Å². The number of rotatable bonds is 5. The minimum absolute atomic E-state index is 0.0683. The molecule has 0 spiro atoms. The Kier molecular flexibility index (Phi) is 6.37. The van der Waals surface area contributed by atoms with E-state index >= 15 is 0 Å². The molecule has 11 heteroatoms. The number of nitrogens with zero attached hydrogens (tertiary/aromatic N) is 1. The predicted octanol–water partition coefficient (Wildman–Crippen LogP) is 4.57. The quantitative estimate of drug-likeness (QED) is 0.387. The second-order valence-corrected chi connectivity index (χ2v) is 7.48. The Morgan fingerprint density at radius 2 is 1.90 bits per heavy atom. The maximum atomic E-state index is 12.6. The first-order valence-electron chi connectivity index (χ1n) is 8.39. The number of hydrogen-bond donors (Lipinski definition) is 3. The number of nitrogens with two attached hydrogens (primary N) is 1. The molecule has 0 aliphatic rings. The summed E-state index contributed by atoms with van der Waals surface area (Å²) in [6.45, 7) is 0. The summed E-state index contributed by atoms with van der Waals surface area (Å²) in [6, 6.07) is 10.7. The number of aromatic amines is 1. The van der Waals surface area contributed by atoms with Crippen LogP contribution in [0.25, 0.3) is 0 Å². The molecule has 3 rings (SSSR count). The maximum Gasteiger partial charge on any atom is 0.416 e. The number of aromatic nitrogens is 2. The third-order valence-corrected chi connectivity index (χ3v) is 5.08. The fourth-order valence-corrected chi connectivity index (χ4v) is 3.46. The number of carbonyl (C=O) groups is 1. The highest BCUT2D eigenvalue weighted by atomic mass is 35.5. The van der Waals surface area contributed by atoms with Crippen LogP contribution in [0.2, 0.25) is 5.02 Å². The van der Waals surface area contributed by atoms with Gasteiger partial charge < -0.3 is 11.1 Å². The fourth-order valence-electron chi connectivity index (χ4n) is 2.43. The summed E-state index contributed by atoms with van der Waals surface area (Å²) in [5, 5.41) is 3.10. The van der Waals surface area contributed by atoms with Gasteiger partial charge in [0, 0.05) is 16.3 Å². The van der Waals surface area contributed by atoms with Crippen LogP contribution in [0.3, 0.4) is 0 Å². The number of thioether (sulfide) groups is 1. The molecule has 1 amide bonds. The van der Waals surface area contributed by atoms with Gasteiger partial charge in [0.25, 0.3) is 11.5 Å². The second kappa shape index (κ2) is 8.80. The first-order chi connectivity index (χ1) is 14.1. The molecule has 3 aromatic rings. The summed E-state index contributed by atoms with van der Waals surface area (Å²) in [5.41, 5.74) is 4.78. The molecule has 6 nitrogen and oxygen atoms in total. The maximum absolute atomic E-state index is 12.6. The van der Waals surface area contributed by atoms with E-state index in [9.17, 15) is 22.8 Å². The van der Waals surface area contributed by atoms with Gasteiger partial charge in [0.2, 0.25) is 0 Å². The molecule has 0 unspecified atom stereocenters. The number of nitrogen functional groups attached to an aromatic ring is 1. The van der Waals surface area contributed by atoms with Crippen molar-refractivity contribution >= 4 is 40.8 Å². The first-order valence-corrected chi connectivity index (χ1v) is 9.75. The Labute approximate surface area is 177 Å². The zero-order valence-electron chi connectivity index (χ0n) is 15.1. The fraction of sp³-hybridized carbons (Fsp3) is 0.105. The number of alkyl halides is 3. The summed E-state index contributed by atoms with van der Waals surface area (Å²) in [4.78, 5) is 31.1. The topological polar surface area (TPSA) is 101 Å². The predicted molar refractivity (Wildman–Crippen MR) is 110 cm³/mol. The van der Waals surface area contributed by atoms with Crippen molar-refractivity contribution in [3.05, 3.63) is 80.6 Å². The molecule has 0 aliphatic carbocycles. The Hall–Kier alpha value is -2.98. The van der Waals surface area contributed by atoms with Crippen molar-refractivity contribution in [2.75, 3.05) is 11.1 Å². The number of amides is 1. The van der Waals surface area contributed by atoms with E-state index < -0.39 is 23.2 Å². The van der Waals surface area contributed by atoms with E-state index in [1.165, 1.54) is 11.8 Å². The number of nitrogens with one attached hydrogen (secondary N) is 2. The standard InChI is InChI=1S/C19H14ClF3N4O2S/c20-13-3-1-2-10(8-13)9-30-18-26-15(24)14(17(29)27-18)25-16(28)11-4-6-12(7-5-11)19(21,22)23/h1-8H,9H2,(H,25,28)(H3,24,26,27,29). The van der Waals surface area contributed by atoms with Gasteiger partial charge in [-0.2, -0.15) is 13.2 Å². The van der Waals surface area contributed by atoms with Gasteiger partial charge in [-0.1, -0.05) is 35.5 Å². The molecule has 1 heterocycles. The van der Waals surface area contributed by atoms with Crippen molar-refractivity contribution in [2.45, 2.75) is 17.1 Å². The SMILES string of the molecule is Nc1nc(SCc2cccc(Cl)c2)[nH]c(=O)c1NC(=O)c1ccc(C(F)(F)F)cc1. The molecule has 0 saturated carbocycles. The second-order valence-electron chi connectivity index (χ2n) is 6.08. The van der Waals surface area contributed by atoms with E-state index in [1.807, 2.05) is 6.07 Å². The third kappa shape index (κ3) is 5.33. The van der Waals surface area contributed by atoms with Crippen LogP contribution >= 0.6 is 23.4 Å². The zero-order valence-corrected chi connectivity index (χ0v) is 16.7. The lowest BCUT2D eigenvalue weighted by atomic mass is 10.1. The van der Waals surface area contributed by atoms with Gasteiger partial charge in [-0.3, -0.25) is 14.6 Å². The Morgan fingerprint density at radius 3 is 2.50 bits per heavy atom. The van der Waals surface area contributed by atoms with Crippen LogP contribution in [0.5, 0.6) is 0 Å². The Bertz CT molecular complexity index is 1130. The van der Waals surface area contributed by atoms with Crippen molar-refractivity contribution in [3.8, 4) is 0 Å². The molecule has 0 bridgehead atoms. The number of hydrogen-bond acceptors (Lipinski definition) is 5. The van der Waals surface area contributed by atoms with Gasteiger partial charge in [0.15, 0.2) is 11.0 Å². The van der Waals surface area contributed by atoms with Crippen LogP contribution in [0.1, 0.15) is 21.5 Å². The number of H-pyrrole nitrogens is 1. The van der Waals surface area contributed by atoms with Crippen LogP contribution in [-0.4, -0.2) is 15.9 Å². The van der Waals surface area contributed by atoms with Crippen molar-refractivity contribution in [2.24, 2.45) is 0 Å². The van der Waals surface area contributed by atoms with Crippen LogP contribution in [0.4, 0.5) is 24.7 Å². The van der Waals surface area contributed by atoms with Crippen molar-refractivity contribution in [1.82, 2.24) is 9.97 Å². The minimum Gasteiger partial charge on any atom is -0.382 e. The average Bonchev–Trinajstić information content (AvgIpc) is 2.68. The zero-order chi connectivity index (χ0) is 21.9. The van der Waals surface area contributed by atoms with Gasteiger partial charge in [-0.15, -0.1) is 0 Å². The molecule has 4 N–H and O–H groups in total. The molecule has 156 valence electrons. The number of carbonyl (C=O) groups excluding carboxylic acids is 1. The van der Waals surface area contributed by atoms with E-state index in [-0.39, 0.29) is 22.2 Å². The number of halogens is 4. The lowest BCUT2D eigenvalue weighted by Gasteiger charge is -2.10. The van der Waals surface area contributed by atoms with Crippen LogP contribution in [0.15, 0.2) is 58.5 Å². The van der Waals surface area contributed by atoms with Crippen molar-refractivity contribution in [3.63, 3.8) is 0 Å². The van der Waals surface area contributed by atoms with Crippen LogP contribution < -0.4 is 16.6 Å². The van der Waals surface area contributed by atoms with Gasteiger partial charge in [-0.05, 0) is 42.0 Å². The van der Waals surface area contributed by atoms with Crippen LogP contribution in [0, 0.1) is 0 Å². The molecule has 2 aromatic carbocycles. The van der Waals surface area contributed by atoms with E-state index in [0.717, 1.165) is 29.8 Å². The minimum atomic E-state index is -4.51. The summed E-state index contributed by atoms with van der Waals surface area (Å²) in [7, 11) is 0. The normalized spacial score (nSPS) is 11.3. The monoisotopic (exact) mass is 454 g/mol. The Morgan fingerprint density at radius 1 is 1.20 bits per heavy atom. The highest BCUT2D eigenvalue weighted by molar-refractivity contribution is 7.98. The number of benzene rings is 2. The van der Waals surface area contributed by atoms with Gasteiger partial charge in [-0.25, -0.2) is 4.98 Å². The van der Waals surface area contributed by atoms with Crippen molar-refractivity contribution < 1.29 is 18.0 Å². The average molecular weight is 455 g/mol. The molecule has 0 saturated heterocycles. The molecule has 30 heavy (non-hydrogen) atoms.